The maximum atomic E-state index is 12.0. The third-order valence-electron chi connectivity index (χ3n) is 3.87. The Hall–Kier alpha value is -1.86. The normalized spacial score (nSPS) is 18.6. The third-order valence-corrected chi connectivity index (χ3v) is 3.87. The molecule has 1 fully saturated rings. The molecule has 1 saturated carbocycles. The van der Waals surface area contributed by atoms with E-state index >= 15 is 0 Å². The van der Waals surface area contributed by atoms with Crippen molar-refractivity contribution in [2.75, 3.05) is 6.61 Å². The summed E-state index contributed by atoms with van der Waals surface area (Å²) in [6, 6.07) is 11.7. The second kappa shape index (κ2) is 6.06. The molecule has 4 nitrogen and oxygen atoms in total. The van der Waals surface area contributed by atoms with Crippen LogP contribution >= 0.6 is 0 Å². The molecule has 0 bridgehead atoms. The lowest BCUT2D eigenvalue weighted by Gasteiger charge is -2.24. The van der Waals surface area contributed by atoms with Crippen LogP contribution in [0.15, 0.2) is 30.3 Å². The number of nitrogens with one attached hydrogen (secondary N) is 1. The molecule has 0 heterocycles. The molecular formula is C16H20N2O2. The highest BCUT2D eigenvalue weighted by atomic mass is 16.5. The smallest absolute Gasteiger partial charge is 0.314 e. The standard InChI is InChI=1S/C16H20N2O2/c1-3-20-15(19)16(9-10-16)14(11-17)18-12(2)13-7-5-4-6-8-13/h4-8,12,14,18H,3,9-10H2,1-2H3. The number of carbonyl (C=O) groups is 1. The van der Waals surface area contributed by atoms with Crippen molar-refractivity contribution < 1.29 is 9.53 Å². The molecule has 20 heavy (non-hydrogen) atoms. The van der Waals surface area contributed by atoms with Crippen molar-refractivity contribution >= 4 is 5.97 Å². The number of nitriles is 1. The van der Waals surface area contributed by atoms with E-state index in [9.17, 15) is 10.1 Å². The summed E-state index contributed by atoms with van der Waals surface area (Å²) < 4.78 is 5.11. The van der Waals surface area contributed by atoms with Gasteiger partial charge in [0.2, 0.25) is 0 Å². The second-order valence-electron chi connectivity index (χ2n) is 5.24. The van der Waals surface area contributed by atoms with Crippen LogP contribution in [-0.4, -0.2) is 18.6 Å². The van der Waals surface area contributed by atoms with Crippen molar-refractivity contribution in [1.29, 1.82) is 5.26 Å². The fraction of sp³-hybridized carbons (Fsp3) is 0.500. The summed E-state index contributed by atoms with van der Waals surface area (Å²) in [4.78, 5) is 12.0. The van der Waals surface area contributed by atoms with Crippen LogP contribution in [0.25, 0.3) is 0 Å². The lowest BCUT2D eigenvalue weighted by Crippen LogP contribution is -2.42. The van der Waals surface area contributed by atoms with E-state index in [1.54, 1.807) is 6.92 Å². The third kappa shape index (κ3) is 2.83. The maximum Gasteiger partial charge on any atom is 0.314 e. The van der Waals surface area contributed by atoms with Crippen molar-refractivity contribution in [2.24, 2.45) is 5.41 Å². The number of hydrogen-bond acceptors (Lipinski definition) is 4. The van der Waals surface area contributed by atoms with Crippen LogP contribution in [0.4, 0.5) is 0 Å². The summed E-state index contributed by atoms with van der Waals surface area (Å²) in [5, 5.41) is 12.7. The van der Waals surface area contributed by atoms with Gasteiger partial charge in [-0.25, -0.2) is 0 Å². The Bertz CT molecular complexity index is 503. The number of nitrogens with zero attached hydrogens (tertiary/aromatic N) is 1. The van der Waals surface area contributed by atoms with Crippen LogP contribution in [0, 0.1) is 16.7 Å². The number of rotatable bonds is 6. The van der Waals surface area contributed by atoms with E-state index in [1.807, 2.05) is 37.3 Å². The van der Waals surface area contributed by atoms with Crippen LogP contribution in [0.2, 0.25) is 0 Å². The van der Waals surface area contributed by atoms with Gasteiger partial charge in [0.05, 0.1) is 18.1 Å². The van der Waals surface area contributed by atoms with Gasteiger partial charge in [-0.1, -0.05) is 30.3 Å². The molecule has 2 atom stereocenters. The zero-order chi connectivity index (χ0) is 14.6. The number of hydrogen-bond donors (Lipinski definition) is 1. The number of esters is 1. The first-order valence-corrected chi connectivity index (χ1v) is 7.02. The van der Waals surface area contributed by atoms with Gasteiger partial charge in [-0.15, -0.1) is 0 Å². The average Bonchev–Trinajstić information content (AvgIpc) is 3.27. The van der Waals surface area contributed by atoms with E-state index in [0.717, 1.165) is 18.4 Å². The molecule has 0 radical (unpaired) electrons. The summed E-state index contributed by atoms with van der Waals surface area (Å²) in [6.45, 7) is 4.14. The van der Waals surface area contributed by atoms with Gasteiger partial charge >= 0.3 is 5.97 Å². The lowest BCUT2D eigenvalue weighted by molar-refractivity contribution is -0.150. The molecular weight excluding hydrogens is 252 g/mol. The molecule has 2 rings (SSSR count). The highest BCUT2D eigenvalue weighted by Crippen LogP contribution is 2.50. The zero-order valence-corrected chi connectivity index (χ0v) is 11.9. The lowest BCUT2D eigenvalue weighted by atomic mass is 9.95. The SMILES string of the molecule is CCOC(=O)C1(C(C#N)NC(C)c2ccccc2)CC1. The van der Waals surface area contributed by atoms with Gasteiger partial charge in [-0.2, -0.15) is 5.26 Å². The molecule has 1 aromatic rings. The highest BCUT2D eigenvalue weighted by molar-refractivity contribution is 5.81. The fourth-order valence-electron chi connectivity index (χ4n) is 2.43. The molecule has 0 aromatic heterocycles. The van der Waals surface area contributed by atoms with Crippen molar-refractivity contribution in [3.05, 3.63) is 35.9 Å². The van der Waals surface area contributed by atoms with Crippen molar-refractivity contribution in [2.45, 2.75) is 38.8 Å². The topological polar surface area (TPSA) is 62.1 Å². The zero-order valence-electron chi connectivity index (χ0n) is 11.9. The van der Waals surface area contributed by atoms with E-state index in [-0.39, 0.29) is 12.0 Å². The maximum absolute atomic E-state index is 12.0. The first kappa shape index (κ1) is 14.5. The van der Waals surface area contributed by atoms with Crippen molar-refractivity contribution in [1.82, 2.24) is 5.32 Å². The van der Waals surface area contributed by atoms with Gasteiger partial charge in [0.15, 0.2) is 0 Å². The molecule has 1 aliphatic rings. The molecule has 0 amide bonds. The molecule has 1 aliphatic carbocycles. The minimum Gasteiger partial charge on any atom is -0.465 e. The minimum absolute atomic E-state index is 0.0211. The van der Waals surface area contributed by atoms with E-state index in [0.29, 0.717) is 6.61 Å². The van der Waals surface area contributed by atoms with Crippen LogP contribution in [-0.2, 0) is 9.53 Å². The quantitative estimate of drug-likeness (QED) is 0.808. The second-order valence-corrected chi connectivity index (χ2v) is 5.24. The summed E-state index contributed by atoms with van der Waals surface area (Å²) >= 11 is 0. The monoisotopic (exact) mass is 272 g/mol. The summed E-state index contributed by atoms with van der Waals surface area (Å²) in [7, 11) is 0. The molecule has 0 saturated heterocycles. The predicted octanol–water partition coefficient (Wildman–Crippen LogP) is 2.57. The van der Waals surface area contributed by atoms with Crippen LogP contribution < -0.4 is 5.32 Å². The molecule has 2 unspecified atom stereocenters. The Morgan fingerprint density at radius 3 is 2.60 bits per heavy atom. The first-order valence-electron chi connectivity index (χ1n) is 7.02. The predicted molar refractivity (Wildman–Crippen MR) is 75.7 cm³/mol. The van der Waals surface area contributed by atoms with Gasteiger partial charge < -0.3 is 4.74 Å². The van der Waals surface area contributed by atoms with Gasteiger partial charge in [-0.05, 0) is 32.3 Å². The Morgan fingerprint density at radius 2 is 2.10 bits per heavy atom. The summed E-state index contributed by atoms with van der Waals surface area (Å²) in [5.74, 6) is -0.251. The largest absolute Gasteiger partial charge is 0.465 e. The Kier molecular flexibility index (Phi) is 4.41. The van der Waals surface area contributed by atoms with E-state index in [1.165, 1.54) is 0 Å². The van der Waals surface area contributed by atoms with Gasteiger partial charge in [0.1, 0.15) is 6.04 Å². The van der Waals surface area contributed by atoms with Crippen molar-refractivity contribution in [3.63, 3.8) is 0 Å². The number of carbonyl (C=O) groups excluding carboxylic acids is 1. The average molecular weight is 272 g/mol. The fourth-order valence-corrected chi connectivity index (χ4v) is 2.43. The molecule has 0 aliphatic heterocycles. The van der Waals surface area contributed by atoms with E-state index in [4.69, 9.17) is 4.74 Å². The summed E-state index contributed by atoms with van der Waals surface area (Å²) in [5.41, 5.74) is 0.459. The molecule has 1 N–H and O–H groups in total. The van der Waals surface area contributed by atoms with Gasteiger partial charge in [0.25, 0.3) is 0 Å². The van der Waals surface area contributed by atoms with Crippen LogP contribution in [0.1, 0.15) is 38.3 Å². The molecule has 1 aromatic carbocycles. The summed E-state index contributed by atoms with van der Waals surface area (Å²) in [6.07, 6.45) is 1.44. The van der Waals surface area contributed by atoms with Gasteiger partial charge in [0, 0.05) is 6.04 Å². The Balaban J connectivity index is 2.07. The van der Waals surface area contributed by atoms with Crippen molar-refractivity contribution in [3.8, 4) is 6.07 Å². The Morgan fingerprint density at radius 1 is 1.45 bits per heavy atom. The van der Waals surface area contributed by atoms with E-state index in [2.05, 4.69) is 11.4 Å². The number of benzene rings is 1. The molecule has 106 valence electrons. The molecule has 0 spiro atoms. The Labute approximate surface area is 119 Å². The first-order chi connectivity index (χ1) is 9.64. The minimum atomic E-state index is -0.645. The molecule has 4 heteroatoms. The number of ether oxygens (including phenoxy) is 1. The van der Waals surface area contributed by atoms with Gasteiger partial charge in [-0.3, -0.25) is 10.1 Å². The van der Waals surface area contributed by atoms with Crippen LogP contribution in [0.5, 0.6) is 0 Å². The van der Waals surface area contributed by atoms with Crippen LogP contribution in [0.3, 0.4) is 0 Å². The van der Waals surface area contributed by atoms with E-state index < -0.39 is 11.5 Å². The highest BCUT2D eigenvalue weighted by Gasteiger charge is 2.57.